The average Bonchev–Trinajstić information content (AvgIpc) is 2.78. The third kappa shape index (κ3) is 3.35. The molecule has 0 bridgehead atoms. The fourth-order valence-corrected chi connectivity index (χ4v) is 2.67. The van der Waals surface area contributed by atoms with Crippen LogP contribution < -0.4 is 5.73 Å². The summed E-state index contributed by atoms with van der Waals surface area (Å²) < 4.78 is 2.09. The fraction of sp³-hybridized carbons (Fsp3) is 0.562. The Hall–Kier alpha value is -1.35. The topological polar surface area (TPSA) is 43.8 Å². The van der Waals surface area contributed by atoms with E-state index < -0.39 is 0 Å². The average molecular weight is 259 g/mol. The summed E-state index contributed by atoms with van der Waals surface area (Å²) in [5.74, 6) is 0. The molecule has 3 heteroatoms. The number of aromatic nitrogens is 2. The Morgan fingerprint density at radius 3 is 2.74 bits per heavy atom. The van der Waals surface area contributed by atoms with Gasteiger partial charge in [-0.2, -0.15) is 5.10 Å². The van der Waals surface area contributed by atoms with E-state index in [1.165, 1.54) is 23.0 Å². The van der Waals surface area contributed by atoms with E-state index in [2.05, 4.69) is 42.8 Å². The molecule has 3 nitrogen and oxygen atoms in total. The molecule has 2 aromatic rings. The Balaban J connectivity index is 2.04. The van der Waals surface area contributed by atoms with Crippen molar-refractivity contribution in [2.75, 3.05) is 0 Å². The van der Waals surface area contributed by atoms with Crippen LogP contribution in [0.3, 0.4) is 0 Å². The maximum absolute atomic E-state index is 6.07. The Labute approximate surface area is 115 Å². The summed E-state index contributed by atoms with van der Waals surface area (Å²) in [4.78, 5) is 0. The third-order valence-electron chi connectivity index (χ3n) is 3.68. The lowest BCUT2D eigenvalue weighted by Crippen LogP contribution is -2.19. The molecule has 2 N–H and O–H groups in total. The lowest BCUT2D eigenvalue weighted by molar-refractivity contribution is 0.535. The molecule has 0 amide bonds. The smallest absolute Gasteiger partial charge is 0.0703 e. The van der Waals surface area contributed by atoms with Crippen molar-refractivity contribution in [3.63, 3.8) is 0 Å². The van der Waals surface area contributed by atoms with E-state index in [-0.39, 0.29) is 0 Å². The molecule has 1 aromatic heterocycles. The first kappa shape index (κ1) is 14.1. The minimum Gasteiger partial charge on any atom is -0.328 e. The highest BCUT2D eigenvalue weighted by Crippen LogP contribution is 2.20. The second-order valence-corrected chi connectivity index (χ2v) is 5.22. The van der Waals surface area contributed by atoms with Crippen LogP contribution in [0.1, 0.15) is 45.2 Å². The van der Waals surface area contributed by atoms with Crippen LogP contribution in [-0.4, -0.2) is 15.8 Å². The zero-order chi connectivity index (χ0) is 13.7. The van der Waals surface area contributed by atoms with Crippen LogP contribution in [-0.2, 0) is 13.0 Å². The highest BCUT2D eigenvalue weighted by Gasteiger charge is 2.09. The number of hydrogen-bond donors (Lipinski definition) is 1. The molecular weight excluding hydrogens is 234 g/mol. The minimum absolute atomic E-state index is 0.351. The van der Waals surface area contributed by atoms with Crippen LogP contribution in [0, 0.1) is 0 Å². The largest absolute Gasteiger partial charge is 0.328 e. The molecule has 0 aliphatic heterocycles. The summed E-state index contributed by atoms with van der Waals surface area (Å²) in [5.41, 5.74) is 8.54. The van der Waals surface area contributed by atoms with Gasteiger partial charge >= 0.3 is 0 Å². The van der Waals surface area contributed by atoms with E-state index in [1.807, 2.05) is 0 Å². The van der Waals surface area contributed by atoms with Crippen molar-refractivity contribution < 1.29 is 0 Å². The molecule has 1 atom stereocenters. The third-order valence-corrected chi connectivity index (χ3v) is 3.68. The molecule has 1 heterocycles. The van der Waals surface area contributed by atoms with E-state index in [0.29, 0.717) is 6.04 Å². The number of aryl methyl sites for hydroxylation is 2. The predicted octanol–water partition coefficient (Wildman–Crippen LogP) is 3.51. The van der Waals surface area contributed by atoms with E-state index in [9.17, 15) is 0 Å². The summed E-state index contributed by atoms with van der Waals surface area (Å²) in [6, 6.07) is 8.85. The Bertz CT molecular complexity index is 516. The molecule has 0 spiro atoms. The van der Waals surface area contributed by atoms with Gasteiger partial charge < -0.3 is 5.73 Å². The van der Waals surface area contributed by atoms with Gasteiger partial charge in [0.2, 0.25) is 0 Å². The van der Waals surface area contributed by atoms with Crippen molar-refractivity contribution in [2.45, 2.75) is 58.5 Å². The summed E-state index contributed by atoms with van der Waals surface area (Å²) >= 11 is 0. The zero-order valence-electron chi connectivity index (χ0n) is 12.1. The lowest BCUT2D eigenvalue weighted by atomic mass is 10.0. The van der Waals surface area contributed by atoms with Gasteiger partial charge in [-0.25, -0.2) is 0 Å². The van der Waals surface area contributed by atoms with Crippen LogP contribution in [0.4, 0.5) is 0 Å². The van der Waals surface area contributed by atoms with Crippen molar-refractivity contribution in [1.82, 2.24) is 9.78 Å². The first-order valence-electron chi connectivity index (χ1n) is 7.46. The van der Waals surface area contributed by atoms with Crippen molar-refractivity contribution in [3.8, 4) is 0 Å². The lowest BCUT2D eigenvalue weighted by Gasteiger charge is -2.08. The first-order valence-corrected chi connectivity index (χ1v) is 7.46. The van der Waals surface area contributed by atoms with Crippen LogP contribution in [0.2, 0.25) is 0 Å². The Morgan fingerprint density at radius 1 is 1.21 bits per heavy atom. The second kappa shape index (κ2) is 6.71. The highest BCUT2D eigenvalue weighted by molar-refractivity contribution is 5.81. The molecule has 0 fully saturated rings. The van der Waals surface area contributed by atoms with Crippen molar-refractivity contribution in [1.29, 1.82) is 0 Å². The van der Waals surface area contributed by atoms with Gasteiger partial charge in [0.05, 0.1) is 11.2 Å². The van der Waals surface area contributed by atoms with Gasteiger partial charge in [0.15, 0.2) is 0 Å². The van der Waals surface area contributed by atoms with Gasteiger partial charge in [0.25, 0.3) is 0 Å². The van der Waals surface area contributed by atoms with E-state index in [1.54, 1.807) is 0 Å². The number of nitrogens with zero attached hydrogens (tertiary/aromatic N) is 2. The first-order chi connectivity index (χ1) is 9.26. The number of para-hydroxylation sites is 1. The van der Waals surface area contributed by atoms with Gasteiger partial charge in [0, 0.05) is 18.0 Å². The van der Waals surface area contributed by atoms with E-state index >= 15 is 0 Å². The number of benzene rings is 1. The molecule has 1 aromatic carbocycles. The van der Waals surface area contributed by atoms with Crippen LogP contribution in [0.5, 0.6) is 0 Å². The van der Waals surface area contributed by atoms with Crippen molar-refractivity contribution >= 4 is 10.9 Å². The quantitative estimate of drug-likeness (QED) is 0.827. The van der Waals surface area contributed by atoms with Crippen molar-refractivity contribution in [3.05, 3.63) is 30.0 Å². The van der Waals surface area contributed by atoms with Crippen molar-refractivity contribution in [2.24, 2.45) is 5.73 Å². The normalized spacial score (nSPS) is 13.0. The van der Waals surface area contributed by atoms with E-state index in [0.717, 1.165) is 32.2 Å². The molecule has 0 radical (unpaired) electrons. The molecule has 2 rings (SSSR count). The summed E-state index contributed by atoms with van der Waals surface area (Å²) in [5, 5.41) is 6.03. The zero-order valence-corrected chi connectivity index (χ0v) is 12.1. The number of hydrogen-bond acceptors (Lipinski definition) is 2. The highest BCUT2D eigenvalue weighted by atomic mass is 15.3. The maximum atomic E-state index is 6.07. The fourth-order valence-electron chi connectivity index (χ4n) is 2.67. The standard InChI is InChI=1S/C16H25N3/c1-3-8-13(17)9-7-11-15-14-10-5-6-12-16(14)19(4-2)18-15/h5-6,10,12-13H,3-4,7-9,11,17H2,1-2H3. The van der Waals surface area contributed by atoms with Gasteiger partial charge in [-0.1, -0.05) is 31.5 Å². The number of fused-ring (bicyclic) bond motifs is 1. The maximum Gasteiger partial charge on any atom is 0.0703 e. The second-order valence-electron chi connectivity index (χ2n) is 5.22. The van der Waals surface area contributed by atoms with E-state index in [4.69, 9.17) is 10.8 Å². The van der Waals surface area contributed by atoms with Gasteiger partial charge in [-0.15, -0.1) is 0 Å². The molecule has 0 aliphatic rings. The minimum atomic E-state index is 0.351. The number of rotatable bonds is 7. The molecule has 104 valence electrons. The summed E-state index contributed by atoms with van der Waals surface area (Å²) in [7, 11) is 0. The SMILES string of the molecule is CCCC(N)CCCc1nn(CC)c2ccccc12. The molecule has 19 heavy (non-hydrogen) atoms. The Kier molecular flexibility index (Phi) is 4.97. The van der Waals surface area contributed by atoms with Gasteiger partial charge in [0.1, 0.15) is 0 Å². The van der Waals surface area contributed by atoms with Crippen LogP contribution in [0.15, 0.2) is 24.3 Å². The molecule has 1 unspecified atom stereocenters. The summed E-state index contributed by atoms with van der Waals surface area (Å²) in [6.07, 6.45) is 5.57. The Morgan fingerprint density at radius 2 is 2.00 bits per heavy atom. The molecule has 0 aliphatic carbocycles. The van der Waals surface area contributed by atoms with Crippen LogP contribution in [0.25, 0.3) is 10.9 Å². The number of nitrogens with two attached hydrogens (primary N) is 1. The molecule has 0 saturated heterocycles. The molecule has 0 saturated carbocycles. The van der Waals surface area contributed by atoms with Gasteiger partial charge in [-0.3, -0.25) is 4.68 Å². The monoisotopic (exact) mass is 259 g/mol. The predicted molar refractivity (Wildman–Crippen MR) is 81.2 cm³/mol. The van der Waals surface area contributed by atoms with Crippen LogP contribution >= 0.6 is 0 Å². The summed E-state index contributed by atoms with van der Waals surface area (Å²) in [6.45, 7) is 5.26. The van der Waals surface area contributed by atoms with Gasteiger partial charge in [-0.05, 0) is 38.7 Å². The molecular formula is C16H25N3.